The van der Waals surface area contributed by atoms with Gasteiger partial charge in [-0.2, -0.15) is 0 Å². The van der Waals surface area contributed by atoms with Crippen molar-refractivity contribution in [2.24, 2.45) is 0 Å². The van der Waals surface area contributed by atoms with Crippen molar-refractivity contribution in [3.63, 3.8) is 0 Å². The van der Waals surface area contributed by atoms with Crippen molar-refractivity contribution in [2.75, 3.05) is 26.2 Å². The van der Waals surface area contributed by atoms with Crippen molar-refractivity contribution < 1.29 is 4.79 Å². The maximum absolute atomic E-state index is 13.0. The molecule has 1 aliphatic rings. The summed E-state index contributed by atoms with van der Waals surface area (Å²) in [6.45, 7) is 6.11. The fourth-order valence-electron chi connectivity index (χ4n) is 3.30. The lowest BCUT2D eigenvalue weighted by atomic mass is 10.2. The molecule has 0 N–H and O–H groups in total. The van der Waals surface area contributed by atoms with Crippen LogP contribution in [0.15, 0.2) is 54.9 Å². The van der Waals surface area contributed by atoms with Gasteiger partial charge in [0.15, 0.2) is 0 Å². The minimum absolute atomic E-state index is 0.107. The summed E-state index contributed by atoms with van der Waals surface area (Å²) in [5, 5.41) is 0.910. The molecule has 0 radical (unpaired) electrons. The lowest BCUT2D eigenvalue weighted by Crippen LogP contribution is -2.48. The monoisotopic (exact) mass is 378 g/mol. The minimum Gasteiger partial charge on any atom is -0.335 e. The Morgan fingerprint density at radius 3 is 2.44 bits per heavy atom. The fraction of sp³-hybridized carbons (Fsp3) is 0.286. The van der Waals surface area contributed by atoms with Gasteiger partial charge in [-0.3, -0.25) is 14.7 Å². The summed E-state index contributed by atoms with van der Waals surface area (Å²) in [6, 6.07) is 14.1. The van der Waals surface area contributed by atoms with E-state index in [1.807, 2.05) is 66.7 Å². The van der Waals surface area contributed by atoms with E-state index in [0.717, 1.165) is 53.9 Å². The van der Waals surface area contributed by atoms with E-state index >= 15 is 0 Å². The van der Waals surface area contributed by atoms with Crippen molar-refractivity contribution in [2.45, 2.75) is 13.5 Å². The quantitative estimate of drug-likeness (QED) is 0.697. The van der Waals surface area contributed by atoms with E-state index in [4.69, 9.17) is 0 Å². The number of rotatable bonds is 4. The zero-order valence-corrected chi connectivity index (χ0v) is 16.2. The van der Waals surface area contributed by atoms with Gasteiger partial charge in [0.2, 0.25) is 0 Å². The predicted octanol–water partition coefficient (Wildman–Crippen LogP) is 3.47. The first-order chi connectivity index (χ1) is 13.2. The van der Waals surface area contributed by atoms with Crippen molar-refractivity contribution in [3.05, 3.63) is 71.0 Å². The third kappa shape index (κ3) is 4.07. The molecule has 3 aromatic rings. The molecule has 138 valence electrons. The van der Waals surface area contributed by atoms with Crippen LogP contribution in [0.25, 0.3) is 10.6 Å². The summed E-state index contributed by atoms with van der Waals surface area (Å²) >= 11 is 1.49. The van der Waals surface area contributed by atoms with Gasteiger partial charge in [0.05, 0.1) is 5.69 Å². The number of piperazine rings is 1. The van der Waals surface area contributed by atoms with Gasteiger partial charge >= 0.3 is 0 Å². The third-order valence-corrected chi connectivity index (χ3v) is 6.02. The second-order valence-electron chi connectivity index (χ2n) is 6.72. The number of aryl methyl sites for hydroxylation is 1. The number of carbonyl (C=O) groups excluding carboxylic acids is 1. The lowest BCUT2D eigenvalue weighted by molar-refractivity contribution is 0.0632. The highest BCUT2D eigenvalue weighted by Gasteiger charge is 2.25. The van der Waals surface area contributed by atoms with Gasteiger partial charge in [-0.15, -0.1) is 11.3 Å². The van der Waals surface area contributed by atoms with E-state index in [9.17, 15) is 4.79 Å². The molecule has 6 heteroatoms. The van der Waals surface area contributed by atoms with E-state index in [1.165, 1.54) is 16.9 Å². The van der Waals surface area contributed by atoms with Crippen LogP contribution in [0.1, 0.15) is 20.9 Å². The van der Waals surface area contributed by atoms with Crippen LogP contribution >= 0.6 is 11.3 Å². The summed E-state index contributed by atoms with van der Waals surface area (Å²) in [7, 11) is 0. The molecular weight excluding hydrogens is 356 g/mol. The first-order valence-corrected chi connectivity index (χ1v) is 9.96. The SMILES string of the molecule is Cc1nc(-c2ccccc2)sc1C(=O)N1CCN(Cc2ccncc2)CC1. The summed E-state index contributed by atoms with van der Waals surface area (Å²) in [6.07, 6.45) is 3.65. The Balaban J connectivity index is 1.40. The largest absolute Gasteiger partial charge is 0.335 e. The van der Waals surface area contributed by atoms with E-state index in [1.54, 1.807) is 0 Å². The van der Waals surface area contributed by atoms with Crippen LogP contribution in [0.3, 0.4) is 0 Å². The topological polar surface area (TPSA) is 49.3 Å². The zero-order valence-electron chi connectivity index (χ0n) is 15.3. The molecule has 1 saturated heterocycles. The third-order valence-electron chi connectivity index (χ3n) is 4.83. The number of amides is 1. The molecule has 0 atom stereocenters. The number of aromatic nitrogens is 2. The van der Waals surface area contributed by atoms with E-state index in [0.29, 0.717) is 0 Å². The highest BCUT2D eigenvalue weighted by molar-refractivity contribution is 7.17. The highest BCUT2D eigenvalue weighted by Crippen LogP contribution is 2.29. The average molecular weight is 379 g/mol. The molecule has 5 nitrogen and oxygen atoms in total. The number of benzene rings is 1. The van der Waals surface area contributed by atoms with Crippen molar-refractivity contribution in [1.82, 2.24) is 19.8 Å². The predicted molar refractivity (Wildman–Crippen MR) is 108 cm³/mol. The maximum atomic E-state index is 13.0. The summed E-state index contributed by atoms with van der Waals surface area (Å²) < 4.78 is 0. The Morgan fingerprint density at radius 1 is 1.04 bits per heavy atom. The number of carbonyl (C=O) groups is 1. The normalized spacial score (nSPS) is 15.1. The molecule has 0 spiro atoms. The number of nitrogens with zero attached hydrogens (tertiary/aromatic N) is 4. The van der Waals surface area contributed by atoms with Gasteiger partial charge in [0.25, 0.3) is 5.91 Å². The van der Waals surface area contributed by atoms with Gasteiger partial charge in [-0.05, 0) is 24.6 Å². The zero-order chi connectivity index (χ0) is 18.6. The molecule has 3 heterocycles. The molecule has 1 fully saturated rings. The Morgan fingerprint density at radius 2 is 1.74 bits per heavy atom. The number of pyridine rings is 1. The standard InChI is InChI=1S/C21H22N4OS/c1-16-19(27-20(23-16)18-5-3-2-4-6-18)21(26)25-13-11-24(12-14-25)15-17-7-9-22-10-8-17/h2-10H,11-15H2,1H3. The molecular formula is C21H22N4OS. The Labute approximate surface area is 163 Å². The molecule has 0 bridgehead atoms. The molecule has 0 unspecified atom stereocenters. The number of thiazole rings is 1. The fourth-order valence-corrected chi connectivity index (χ4v) is 4.34. The minimum atomic E-state index is 0.107. The molecule has 1 aromatic carbocycles. The van der Waals surface area contributed by atoms with Gasteiger partial charge < -0.3 is 4.90 Å². The molecule has 0 saturated carbocycles. The van der Waals surface area contributed by atoms with Crippen LogP contribution in [-0.2, 0) is 6.54 Å². The van der Waals surface area contributed by atoms with Crippen LogP contribution in [0, 0.1) is 6.92 Å². The highest BCUT2D eigenvalue weighted by atomic mass is 32.1. The van der Waals surface area contributed by atoms with E-state index in [-0.39, 0.29) is 5.91 Å². The first-order valence-electron chi connectivity index (χ1n) is 9.14. The van der Waals surface area contributed by atoms with Crippen molar-refractivity contribution in [1.29, 1.82) is 0 Å². The van der Waals surface area contributed by atoms with Gasteiger partial charge in [-0.1, -0.05) is 30.3 Å². The maximum Gasteiger partial charge on any atom is 0.265 e. The van der Waals surface area contributed by atoms with Crippen molar-refractivity contribution in [3.8, 4) is 10.6 Å². The second-order valence-corrected chi connectivity index (χ2v) is 7.72. The van der Waals surface area contributed by atoms with E-state index in [2.05, 4.69) is 14.9 Å². The molecule has 1 amide bonds. The Hall–Kier alpha value is -2.57. The molecule has 2 aromatic heterocycles. The molecule has 27 heavy (non-hydrogen) atoms. The Bertz CT molecular complexity index is 902. The summed E-state index contributed by atoms with van der Waals surface area (Å²) in [5.74, 6) is 0.107. The summed E-state index contributed by atoms with van der Waals surface area (Å²) in [4.78, 5) is 26.8. The number of hydrogen-bond acceptors (Lipinski definition) is 5. The molecule has 1 aliphatic heterocycles. The van der Waals surface area contributed by atoms with Gasteiger partial charge in [0, 0.05) is 50.7 Å². The number of hydrogen-bond donors (Lipinski definition) is 0. The van der Waals surface area contributed by atoms with E-state index < -0.39 is 0 Å². The molecule has 4 rings (SSSR count). The van der Waals surface area contributed by atoms with Crippen LogP contribution in [0.5, 0.6) is 0 Å². The average Bonchev–Trinajstić information content (AvgIpc) is 3.11. The van der Waals surface area contributed by atoms with Crippen LogP contribution in [0.2, 0.25) is 0 Å². The summed E-state index contributed by atoms with van der Waals surface area (Å²) in [5.41, 5.74) is 3.14. The molecule has 0 aliphatic carbocycles. The Kier molecular flexibility index (Phi) is 5.27. The second kappa shape index (κ2) is 7.98. The van der Waals surface area contributed by atoms with Gasteiger partial charge in [-0.25, -0.2) is 4.98 Å². The van der Waals surface area contributed by atoms with Gasteiger partial charge in [0.1, 0.15) is 9.88 Å². The van der Waals surface area contributed by atoms with Crippen LogP contribution in [0.4, 0.5) is 0 Å². The smallest absolute Gasteiger partial charge is 0.265 e. The van der Waals surface area contributed by atoms with Crippen LogP contribution < -0.4 is 0 Å². The van der Waals surface area contributed by atoms with Crippen molar-refractivity contribution >= 4 is 17.2 Å². The lowest BCUT2D eigenvalue weighted by Gasteiger charge is -2.34. The van der Waals surface area contributed by atoms with Crippen LogP contribution in [-0.4, -0.2) is 51.9 Å². The first kappa shape index (κ1) is 17.8.